The van der Waals surface area contributed by atoms with Crippen molar-refractivity contribution in [1.82, 2.24) is 5.32 Å². The Kier molecular flexibility index (Phi) is 19.2. The van der Waals surface area contributed by atoms with E-state index < -0.39 is 30.6 Å². The van der Waals surface area contributed by atoms with E-state index in [0.29, 0.717) is 12.2 Å². The van der Waals surface area contributed by atoms with Gasteiger partial charge in [-0.25, -0.2) is 0 Å². The van der Waals surface area contributed by atoms with Gasteiger partial charge in [0.1, 0.15) is 6.54 Å². The van der Waals surface area contributed by atoms with Gasteiger partial charge in [-0.3, -0.25) is 9.59 Å². The van der Waals surface area contributed by atoms with Gasteiger partial charge >= 0.3 is 5.97 Å². The summed E-state index contributed by atoms with van der Waals surface area (Å²) in [6.45, 7) is 3.74. The molecule has 0 aliphatic carbocycles. The number of rotatable bonds is 20. The zero-order chi connectivity index (χ0) is 22.6. The number of nitrogens with two attached hydrogens (primary N) is 1. The summed E-state index contributed by atoms with van der Waals surface area (Å²) in [5, 5.41) is 21.0. The van der Waals surface area contributed by atoms with Crippen LogP contribution in [0.25, 0.3) is 0 Å². The van der Waals surface area contributed by atoms with Crippen molar-refractivity contribution < 1.29 is 19.8 Å². The molecule has 3 unspecified atom stereocenters. The first-order valence-corrected chi connectivity index (χ1v) is 12.7. The molecule has 30 heavy (non-hydrogen) atoms. The zero-order valence-corrected chi connectivity index (χ0v) is 19.8. The van der Waals surface area contributed by atoms with Gasteiger partial charge in [0.25, 0.3) is 0 Å². The van der Waals surface area contributed by atoms with Crippen LogP contribution in [0.4, 0.5) is 0 Å². The smallest absolute Gasteiger partial charge is 0.322 e. The van der Waals surface area contributed by atoms with Crippen molar-refractivity contribution in [2.75, 3.05) is 12.3 Å². The first-order chi connectivity index (χ1) is 14.4. The van der Waals surface area contributed by atoms with Gasteiger partial charge in [0.15, 0.2) is 0 Å². The third-order valence-electron chi connectivity index (χ3n) is 5.07. The molecule has 0 spiro atoms. The lowest BCUT2D eigenvalue weighted by atomic mass is 10.1. The number of nitrogens with one attached hydrogen (secondary N) is 1. The van der Waals surface area contributed by atoms with E-state index in [0.717, 1.165) is 12.8 Å². The van der Waals surface area contributed by atoms with E-state index in [1.54, 1.807) is 0 Å². The summed E-state index contributed by atoms with van der Waals surface area (Å²) < 4.78 is 0. The number of carboxylic acid groups (broad SMARTS) is 1. The van der Waals surface area contributed by atoms with Crippen LogP contribution in [0.1, 0.15) is 90.9 Å². The maximum Gasteiger partial charge on any atom is 0.322 e. The van der Waals surface area contributed by atoms with Crippen molar-refractivity contribution in [2.45, 2.75) is 108 Å². The van der Waals surface area contributed by atoms with Gasteiger partial charge in [0.05, 0.1) is 12.1 Å². The van der Waals surface area contributed by atoms with Gasteiger partial charge in [-0.1, -0.05) is 83.8 Å². The Labute approximate surface area is 187 Å². The molecule has 0 aliphatic rings. The van der Waals surface area contributed by atoms with Crippen LogP contribution in [-0.2, 0) is 9.59 Å². The monoisotopic (exact) mass is 444 g/mol. The first kappa shape index (κ1) is 28.9. The van der Waals surface area contributed by atoms with E-state index in [2.05, 4.69) is 18.3 Å². The van der Waals surface area contributed by atoms with Crippen molar-refractivity contribution >= 4 is 23.6 Å². The molecular formula is C23H44N2O4S. The van der Waals surface area contributed by atoms with Crippen LogP contribution in [0.15, 0.2) is 12.2 Å². The second-order valence-electron chi connectivity index (χ2n) is 7.89. The third-order valence-corrected chi connectivity index (χ3v) is 6.47. The van der Waals surface area contributed by atoms with E-state index >= 15 is 0 Å². The van der Waals surface area contributed by atoms with Gasteiger partial charge in [0.2, 0.25) is 5.91 Å². The zero-order valence-electron chi connectivity index (χ0n) is 19.0. The van der Waals surface area contributed by atoms with E-state index in [1.165, 1.54) is 69.5 Å². The van der Waals surface area contributed by atoms with E-state index in [-0.39, 0.29) is 5.25 Å². The molecule has 0 aromatic carbocycles. The third kappa shape index (κ3) is 16.7. The number of hydrogen-bond acceptors (Lipinski definition) is 5. The van der Waals surface area contributed by atoms with Crippen LogP contribution in [0, 0.1) is 0 Å². The Morgan fingerprint density at radius 1 is 1.00 bits per heavy atom. The molecule has 0 fully saturated rings. The Morgan fingerprint density at radius 2 is 1.57 bits per heavy atom. The summed E-state index contributed by atoms with van der Waals surface area (Å²) in [5.74, 6) is -1.25. The van der Waals surface area contributed by atoms with Gasteiger partial charge in [-0.15, -0.1) is 11.8 Å². The molecule has 0 saturated heterocycles. The molecule has 0 saturated carbocycles. The highest BCUT2D eigenvalue weighted by Gasteiger charge is 2.20. The largest absolute Gasteiger partial charge is 0.480 e. The number of carbonyl (C=O) groups is 2. The fourth-order valence-electron chi connectivity index (χ4n) is 3.09. The van der Waals surface area contributed by atoms with Gasteiger partial charge in [-0.05, 0) is 19.3 Å². The predicted molar refractivity (Wildman–Crippen MR) is 127 cm³/mol. The number of unbranched alkanes of at least 4 members (excludes halogenated alkanes) is 10. The second kappa shape index (κ2) is 19.9. The average Bonchev–Trinajstić information content (AvgIpc) is 2.73. The van der Waals surface area contributed by atoms with E-state index in [4.69, 9.17) is 10.8 Å². The number of thioether (sulfide) groups is 1. The Hall–Kier alpha value is -1.05. The summed E-state index contributed by atoms with van der Waals surface area (Å²) in [7, 11) is 0. The maximum atomic E-state index is 11.8. The number of carboxylic acids is 1. The average molecular weight is 445 g/mol. The van der Waals surface area contributed by atoms with Crippen molar-refractivity contribution in [3.05, 3.63) is 12.2 Å². The molecule has 0 aliphatic heterocycles. The van der Waals surface area contributed by atoms with Crippen molar-refractivity contribution in [3.63, 3.8) is 0 Å². The van der Waals surface area contributed by atoms with Crippen molar-refractivity contribution in [2.24, 2.45) is 5.73 Å². The molecule has 0 aromatic heterocycles. The summed E-state index contributed by atoms with van der Waals surface area (Å²) >= 11 is 1.44. The lowest BCUT2D eigenvalue weighted by molar-refractivity contribution is -0.138. The summed E-state index contributed by atoms with van der Waals surface area (Å²) in [4.78, 5) is 22.3. The molecule has 5 N–H and O–H groups in total. The molecule has 7 heteroatoms. The molecule has 176 valence electrons. The summed E-state index contributed by atoms with van der Waals surface area (Å²) in [6, 6.07) is -0.795. The number of carbonyl (C=O) groups excluding carboxylic acids is 1. The lowest BCUT2D eigenvalue weighted by Crippen LogP contribution is -2.44. The van der Waals surface area contributed by atoms with E-state index in [1.807, 2.05) is 13.0 Å². The Morgan fingerprint density at radius 3 is 2.10 bits per heavy atom. The number of aliphatic hydroxyl groups is 1. The maximum absolute atomic E-state index is 11.8. The highest BCUT2D eigenvalue weighted by Crippen LogP contribution is 2.20. The van der Waals surface area contributed by atoms with Crippen LogP contribution in [0.3, 0.4) is 0 Å². The SMILES string of the molecule is CCCCCCCCCCCCC=CC(SCC(N)C(=O)NCC(=O)O)C(O)CC. The minimum absolute atomic E-state index is 0.114. The number of amides is 1. The van der Waals surface area contributed by atoms with Gasteiger partial charge in [-0.2, -0.15) is 0 Å². The number of hydrogen-bond donors (Lipinski definition) is 4. The van der Waals surface area contributed by atoms with Crippen LogP contribution in [0.2, 0.25) is 0 Å². The molecule has 0 heterocycles. The number of aliphatic carboxylic acids is 1. The minimum Gasteiger partial charge on any atom is -0.480 e. The Bertz CT molecular complexity index is 474. The quantitative estimate of drug-likeness (QED) is 0.165. The van der Waals surface area contributed by atoms with Crippen LogP contribution >= 0.6 is 11.8 Å². The van der Waals surface area contributed by atoms with E-state index in [9.17, 15) is 14.7 Å². The van der Waals surface area contributed by atoms with Gasteiger partial charge < -0.3 is 21.3 Å². The predicted octanol–water partition coefficient (Wildman–Crippen LogP) is 4.25. The lowest BCUT2D eigenvalue weighted by Gasteiger charge is -2.20. The van der Waals surface area contributed by atoms with Crippen LogP contribution in [-0.4, -0.2) is 51.8 Å². The molecule has 3 atom stereocenters. The fourth-order valence-corrected chi connectivity index (χ4v) is 4.31. The molecule has 6 nitrogen and oxygen atoms in total. The number of aliphatic hydroxyl groups excluding tert-OH is 1. The summed E-state index contributed by atoms with van der Waals surface area (Å²) in [5.41, 5.74) is 5.83. The second-order valence-corrected chi connectivity index (χ2v) is 9.10. The molecule has 0 aromatic rings. The molecule has 0 radical (unpaired) electrons. The molecule has 0 rings (SSSR count). The molecule has 1 amide bonds. The number of allylic oxidation sites excluding steroid dienone is 1. The van der Waals surface area contributed by atoms with Crippen LogP contribution in [0.5, 0.6) is 0 Å². The normalized spacial score (nSPS) is 14.5. The van der Waals surface area contributed by atoms with Crippen molar-refractivity contribution in [3.8, 4) is 0 Å². The summed E-state index contributed by atoms with van der Waals surface area (Å²) in [6.07, 6.45) is 18.4. The highest BCUT2D eigenvalue weighted by molar-refractivity contribution is 8.00. The molecular weight excluding hydrogens is 400 g/mol. The van der Waals surface area contributed by atoms with Crippen molar-refractivity contribution in [1.29, 1.82) is 0 Å². The molecule has 0 bridgehead atoms. The fraction of sp³-hybridized carbons (Fsp3) is 0.826. The van der Waals surface area contributed by atoms with Gasteiger partial charge in [0, 0.05) is 11.0 Å². The first-order valence-electron chi connectivity index (χ1n) is 11.6. The highest BCUT2D eigenvalue weighted by atomic mass is 32.2. The minimum atomic E-state index is -1.10. The topological polar surface area (TPSA) is 113 Å². The standard InChI is InChI=1S/C23H44N2O4S/c1-3-5-6-7-8-9-10-11-12-13-14-15-16-21(20(26)4-2)30-18-19(24)23(29)25-17-22(27)28/h15-16,19-21,26H,3-14,17-18,24H2,1-2H3,(H,25,29)(H,27,28). The Balaban J connectivity index is 4.01. The van der Waals surface area contributed by atoms with Crippen LogP contribution < -0.4 is 11.1 Å².